The Morgan fingerprint density at radius 3 is 2.56 bits per heavy atom. The van der Waals surface area contributed by atoms with Crippen LogP contribution < -0.4 is 0 Å². The third-order valence-corrected chi connectivity index (χ3v) is 5.86. The topological polar surface area (TPSA) is 43.4 Å². The molecule has 0 bridgehead atoms. The van der Waals surface area contributed by atoms with Crippen molar-refractivity contribution >= 4 is 12.3 Å². The molecule has 0 radical (unpaired) electrons. The summed E-state index contributed by atoms with van der Waals surface area (Å²) in [4.78, 5) is 23.0. The molecule has 0 amide bonds. The maximum absolute atomic E-state index is 11.6. The Labute approximate surface area is 152 Å². The van der Waals surface area contributed by atoms with Gasteiger partial charge in [0, 0.05) is 6.92 Å². The molecule has 0 saturated carbocycles. The minimum Gasteiger partial charge on any atom is -0.458 e. The van der Waals surface area contributed by atoms with Crippen LogP contribution in [0.3, 0.4) is 0 Å². The fourth-order valence-corrected chi connectivity index (χ4v) is 4.23. The molecule has 0 aliphatic heterocycles. The van der Waals surface area contributed by atoms with E-state index in [1.54, 1.807) is 0 Å². The van der Waals surface area contributed by atoms with Gasteiger partial charge in [0.1, 0.15) is 12.4 Å². The molecule has 2 aliphatic rings. The van der Waals surface area contributed by atoms with E-state index >= 15 is 0 Å². The Morgan fingerprint density at radius 2 is 1.96 bits per heavy atom. The molecule has 25 heavy (non-hydrogen) atoms. The Kier molecular flexibility index (Phi) is 6.42. The Hall–Kier alpha value is -1.64. The van der Waals surface area contributed by atoms with E-state index in [1.807, 2.05) is 6.92 Å². The number of allylic oxidation sites excluding steroid dienone is 5. The molecular formula is C22H32O3. The molecule has 0 unspecified atom stereocenters. The van der Waals surface area contributed by atoms with Crippen LogP contribution in [0.1, 0.15) is 66.7 Å². The summed E-state index contributed by atoms with van der Waals surface area (Å²) in [6.45, 7) is 10.3. The third kappa shape index (κ3) is 4.71. The standard InChI is InChI=1S/C22H32O3/c1-15(2)19-10-12-22(5)11-9-18(14-23)8-6-7-16(3)21(13-20(19)22)25-17(4)24/h7,9-10,14-15,20-21H,6,8,11-13H2,1-5H3/b16-7+,18-9+/t20-,21+,22-/m1/s1. The molecule has 0 fully saturated rings. The van der Waals surface area contributed by atoms with Crippen molar-refractivity contribution in [1.29, 1.82) is 0 Å². The van der Waals surface area contributed by atoms with Crippen LogP contribution in [0.25, 0.3) is 0 Å². The number of esters is 1. The third-order valence-electron chi connectivity index (χ3n) is 5.86. The highest BCUT2D eigenvalue weighted by Crippen LogP contribution is 2.51. The first-order valence-electron chi connectivity index (χ1n) is 9.45. The first-order chi connectivity index (χ1) is 11.8. The minimum absolute atomic E-state index is 0.0802. The summed E-state index contributed by atoms with van der Waals surface area (Å²) in [7, 11) is 0. The summed E-state index contributed by atoms with van der Waals surface area (Å²) in [5.74, 6) is 0.616. The Morgan fingerprint density at radius 1 is 1.28 bits per heavy atom. The largest absolute Gasteiger partial charge is 0.458 e. The minimum atomic E-state index is -0.228. The molecule has 3 heteroatoms. The zero-order valence-electron chi connectivity index (χ0n) is 16.3. The summed E-state index contributed by atoms with van der Waals surface area (Å²) < 4.78 is 5.69. The van der Waals surface area contributed by atoms with Gasteiger partial charge in [-0.05, 0) is 67.4 Å². The van der Waals surface area contributed by atoms with Gasteiger partial charge < -0.3 is 4.74 Å². The average molecular weight is 344 g/mol. The number of hydrogen-bond acceptors (Lipinski definition) is 3. The van der Waals surface area contributed by atoms with Gasteiger partial charge in [-0.15, -0.1) is 0 Å². The highest BCUT2D eigenvalue weighted by Gasteiger charge is 2.42. The van der Waals surface area contributed by atoms with E-state index in [4.69, 9.17) is 4.74 Å². The summed E-state index contributed by atoms with van der Waals surface area (Å²) in [5, 5.41) is 0. The van der Waals surface area contributed by atoms with Crippen LogP contribution in [0.2, 0.25) is 0 Å². The smallest absolute Gasteiger partial charge is 0.303 e. The maximum Gasteiger partial charge on any atom is 0.303 e. The summed E-state index contributed by atoms with van der Waals surface area (Å²) >= 11 is 0. The van der Waals surface area contributed by atoms with E-state index < -0.39 is 0 Å². The summed E-state index contributed by atoms with van der Waals surface area (Å²) in [6.07, 6.45) is 11.7. The van der Waals surface area contributed by atoms with Crippen molar-refractivity contribution in [2.45, 2.75) is 72.8 Å². The first kappa shape index (κ1) is 19.7. The second-order valence-corrected chi connectivity index (χ2v) is 8.19. The van der Waals surface area contributed by atoms with Gasteiger partial charge in [0.05, 0.1) is 0 Å². The lowest BCUT2D eigenvalue weighted by Crippen LogP contribution is -2.31. The zero-order chi connectivity index (χ0) is 18.6. The second kappa shape index (κ2) is 8.16. The number of ether oxygens (including phenoxy) is 1. The van der Waals surface area contributed by atoms with E-state index in [2.05, 4.69) is 39.0 Å². The van der Waals surface area contributed by atoms with Gasteiger partial charge in [-0.3, -0.25) is 9.59 Å². The van der Waals surface area contributed by atoms with Crippen molar-refractivity contribution in [3.05, 3.63) is 34.9 Å². The Balaban J connectivity index is 2.42. The number of rotatable bonds is 3. The maximum atomic E-state index is 11.6. The van der Waals surface area contributed by atoms with Gasteiger partial charge in [0.2, 0.25) is 0 Å². The fourth-order valence-electron chi connectivity index (χ4n) is 4.23. The molecule has 3 atom stereocenters. The number of carbonyl (C=O) groups excluding carboxylic acids is 2. The average Bonchev–Trinajstić information content (AvgIpc) is 2.85. The van der Waals surface area contributed by atoms with Crippen LogP contribution in [0.15, 0.2) is 34.9 Å². The predicted molar refractivity (Wildman–Crippen MR) is 101 cm³/mol. The van der Waals surface area contributed by atoms with E-state index in [-0.39, 0.29) is 17.5 Å². The quantitative estimate of drug-likeness (QED) is 0.403. The lowest BCUT2D eigenvalue weighted by atomic mass is 9.69. The second-order valence-electron chi connectivity index (χ2n) is 8.19. The number of hydrogen-bond donors (Lipinski definition) is 0. The van der Waals surface area contributed by atoms with E-state index in [1.165, 1.54) is 12.5 Å². The summed E-state index contributed by atoms with van der Waals surface area (Å²) in [5.41, 5.74) is 3.53. The van der Waals surface area contributed by atoms with Gasteiger partial charge in [-0.1, -0.05) is 44.6 Å². The zero-order valence-corrected chi connectivity index (χ0v) is 16.3. The van der Waals surface area contributed by atoms with Crippen LogP contribution in [-0.4, -0.2) is 18.4 Å². The van der Waals surface area contributed by atoms with Crippen molar-refractivity contribution in [1.82, 2.24) is 0 Å². The van der Waals surface area contributed by atoms with Crippen molar-refractivity contribution in [2.24, 2.45) is 17.3 Å². The van der Waals surface area contributed by atoms with Crippen molar-refractivity contribution in [2.75, 3.05) is 0 Å². The molecule has 2 rings (SSSR count). The fraction of sp³-hybridized carbons (Fsp3) is 0.636. The van der Waals surface area contributed by atoms with Crippen molar-refractivity contribution in [3.8, 4) is 0 Å². The molecule has 0 aromatic carbocycles. The van der Waals surface area contributed by atoms with E-state index in [0.29, 0.717) is 11.8 Å². The van der Waals surface area contributed by atoms with E-state index in [0.717, 1.165) is 49.5 Å². The van der Waals surface area contributed by atoms with Gasteiger partial charge in [-0.25, -0.2) is 0 Å². The van der Waals surface area contributed by atoms with Crippen molar-refractivity contribution < 1.29 is 14.3 Å². The molecule has 0 aromatic heterocycles. The highest BCUT2D eigenvalue weighted by atomic mass is 16.5. The summed E-state index contributed by atoms with van der Waals surface area (Å²) in [6, 6.07) is 0. The molecule has 3 nitrogen and oxygen atoms in total. The molecular weight excluding hydrogens is 312 g/mol. The molecule has 0 N–H and O–H groups in total. The van der Waals surface area contributed by atoms with Gasteiger partial charge in [0.25, 0.3) is 0 Å². The number of fused-ring (bicyclic) bond motifs is 1. The molecule has 0 aromatic rings. The molecule has 0 spiro atoms. The van der Waals surface area contributed by atoms with E-state index in [9.17, 15) is 9.59 Å². The van der Waals surface area contributed by atoms with Crippen LogP contribution in [0.5, 0.6) is 0 Å². The lowest BCUT2D eigenvalue weighted by molar-refractivity contribution is -0.145. The first-order valence-corrected chi connectivity index (χ1v) is 9.45. The predicted octanol–water partition coefficient (Wildman–Crippen LogP) is 5.17. The molecule has 0 saturated heterocycles. The number of carbonyl (C=O) groups is 2. The van der Waals surface area contributed by atoms with Gasteiger partial charge in [-0.2, -0.15) is 0 Å². The molecule has 138 valence electrons. The normalized spacial score (nSPS) is 34.7. The number of aldehydes is 1. The van der Waals surface area contributed by atoms with Crippen LogP contribution in [-0.2, 0) is 14.3 Å². The highest BCUT2D eigenvalue weighted by molar-refractivity contribution is 5.73. The van der Waals surface area contributed by atoms with Crippen LogP contribution in [0.4, 0.5) is 0 Å². The lowest BCUT2D eigenvalue weighted by Gasteiger charge is -2.36. The van der Waals surface area contributed by atoms with Crippen LogP contribution in [0, 0.1) is 17.3 Å². The monoisotopic (exact) mass is 344 g/mol. The molecule has 0 heterocycles. The SMILES string of the molecule is CC(=O)O[C@H]1C[C@@H]2C(C(C)C)=CC[C@@]2(C)C/C=C(/C=O)CC/C=C/1C. The Bertz CT molecular complexity index is 609. The van der Waals surface area contributed by atoms with Gasteiger partial charge in [0.15, 0.2) is 0 Å². The van der Waals surface area contributed by atoms with Crippen molar-refractivity contribution in [3.63, 3.8) is 0 Å². The van der Waals surface area contributed by atoms with Crippen LogP contribution >= 0.6 is 0 Å². The molecule has 2 aliphatic carbocycles. The van der Waals surface area contributed by atoms with Gasteiger partial charge >= 0.3 is 5.97 Å².